The standard InChI is InChI=1S/C38H66O3S/c1-4-5-6-7-8-9-10-11-12-13-14-15-16-17-18-22-28-41-36(39)25-30-42-29-23-24-34-31-33(2)32-35(37(34)40)38(3)26-20-19-21-27-38/h31-32,40H,4-30H2,1-3H3. The minimum absolute atomic E-state index is 0.0508. The van der Waals surface area contributed by atoms with Crippen molar-refractivity contribution in [1.82, 2.24) is 0 Å². The molecule has 1 N–H and O–H groups in total. The first kappa shape index (κ1) is 37.0. The number of phenols is 1. The molecular weight excluding hydrogens is 536 g/mol. The molecule has 1 aliphatic rings. The Hall–Kier alpha value is -1.16. The maximum Gasteiger partial charge on any atom is 0.306 e. The Morgan fingerprint density at radius 2 is 1.33 bits per heavy atom. The Labute approximate surface area is 264 Å². The number of benzene rings is 1. The third-order valence-electron chi connectivity index (χ3n) is 9.39. The van der Waals surface area contributed by atoms with Crippen LogP contribution in [0.25, 0.3) is 0 Å². The van der Waals surface area contributed by atoms with Gasteiger partial charge in [0.15, 0.2) is 0 Å². The van der Waals surface area contributed by atoms with Crippen LogP contribution in [0.2, 0.25) is 0 Å². The van der Waals surface area contributed by atoms with Gasteiger partial charge in [0.2, 0.25) is 0 Å². The fourth-order valence-corrected chi connectivity index (χ4v) is 7.50. The quantitative estimate of drug-likeness (QED) is 0.0893. The van der Waals surface area contributed by atoms with Crippen molar-refractivity contribution in [3.05, 3.63) is 28.8 Å². The number of carbonyl (C=O) groups is 1. The molecule has 4 heteroatoms. The highest BCUT2D eigenvalue weighted by Gasteiger charge is 2.32. The van der Waals surface area contributed by atoms with E-state index < -0.39 is 0 Å². The number of ether oxygens (including phenoxy) is 1. The lowest BCUT2D eigenvalue weighted by atomic mass is 9.70. The van der Waals surface area contributed by atoms with Gasteiger partial charge in [0.05, 0.1) is 13.0 Å². The van der Waals surface area contributed by atoms with Gasteiger partial charge in [-0.2, -0.15) is 11.8 Å². The predicted octanol–water partition coefficient (Wildman–Crippen LogP) is 11.8. The Morgan fingerprint density at radius 3 is 1.90 bits per heavy atom. The van der Waals surface area contributed by atoms with E-state index in [-0.39, 0.29) is 11.4 Å². The lowest BCUT2D eigenvalue weighted by molar-refractivity contribution is -0.143. The molecule has 1 fully saturated rings. The van der Waals surface area contributed by atoms with Crippen LogP contribution < -0.4 is 0 Å². The Balaban J connectivity index is 1.39. The van der Waals surface area contributed by atoms with E-state index in [4.69, 9.17) is 4.74 Å². The van der Waals surface area contributed by atoms with Crippen LogP contribution in [0, 0.1) is 6.92 Å². The summed E-state index contributed by atoms with van der Waals surface area (Å²) in [6.07, 6.45) is 30.3. The van der Waals surface area contributed by atoms with Gasteiger partial charge in [0, 0.05) is 11.3 Å². The second kappa shape index (κ2) is 23.3. The zero-order valence-electron chi connectivity index (χ0n) is 27.9. The molecule has 0 aliphatic heterocycles. The predicted molar refractivity (Wildman–Crippen MR) is 184 cm³/mol. The topological polar surface area (TPSA) is 46.5 Å². The Morgan fingerprint density at radius 1 is 0.786 bits per heavy atom. The highest BCUT2D eigenvalue weighted by atomic mass is 32.2. The number of aromatic hydroxyl groups is 1. The Bertz CT molecular complexity index is 830. The van der Waals surface area contributed by atoms with Crippen molar-refractivity contribution in [3.63, 3.8) is 0 Å². The van der Waals surface area contributed by atoms with E-state index in [0.717, 1.165) is 41.9 Å². The first-order valence-corrected chi connectivity index (χ1v) is 19.2. The number of hydrogen-bond donors (Lipinski definition) is 1. The number of phenolic OH excluding ortho intramolecular Hbond substituents is 1. The summed E-state index contributed by atoms with van der Waals surface area (Å²) in [7, 11) is 0. The van der Waals surface area contributed by atoms with Crippen molar-refractivity contribution < 1.29 is 14.6 Å². The zero-order valence-corrected chi connectivity index (χ0v) is 28.7. The molecule has 1 aliphatic carbocycles. The van der Waals surface area contributed by atoms with Crippen molar-refractivity contribution in [2.45, 2.75) is 180 Å². The monoisotopic (exact) mass is 602 g/mol. The minimum atomic E-state index is -0.0508. The number of thioether (sulfide) groups is 1. The van der Waals surface area contributed by atoms with E-state index in [1.54, 1.807) is 0 Å². The summed E-state index contributed by atoms with van der Waals surface area (Å²) in [6, 6.07) is 4.37. The summed E-state index contributed by atoms with van der Waals surface area (Å²) < 4.78 is 5.46. The van der Waals surface area contributed by atoms with Crippen LogP contribution in [-0.2, 0) is 21.4 Å². The van der Waals surface area contributed by atoms with Gasteiger partial charge in [0.25, 0.3) is 0 Å². The molecule has 0 saturated heterocycles. The van der Waals surface area contributed by atoms with Crippen LogP contribution in [0.1, 0.15) is 178 Å². The van der Waals surface area contributed by atoms with Crippen LogP contribution in [0.5, 0.6) is 5.75 Å². The van der Waals surface area contributed by atoms with Gasteiger partial charge < -0.3 is 9.84 Å². The number of esters is 1. The summed E-state index contributed by atoms with van der Waals surface area (Å²) in [4.78, 5) is 12.1. The van der Waals surface area contributed by atoms with Crippen molar-refractivity contribution in [1.29, 1.82) is 0 Å². The zero-order chi connectivity index (χ0) is 30.3. The second-order valence-electron chi connectivity index (χ2n) is 13.4. The normalized spacial score (nSPS) is 14.7. The number of aryl methyl sites for hydroxylation is 2. The van der Waals surface area contributed by atoms with Crippen LogP contribution >= 0.6 is 11.8 Å². The van der Waals surface area contributed by atoms with Gasteiger partial charge >= 0.3 is 5.97 Å². The average Bonchev–Trinajstić information content (AvgIpc) is 2.98. The lowest BCUT2D eigenvalue weighted by Crippen LogP contribution is -2.25. The van der Waals surface area contributed by atoms with Crippen molar-refractivity contribution in [2.24, 2.45) is 0 Å². The van der Waals surface area contributed by atoms with Gasteiger partial charge in [-0.05, 0) is 55.8 Å². The molecule has 42 heavy (non-hydrogen) atoms. The SMILES string of the molecule is CCCCCCCCCCCCCCCCCCOC(=O)CCSCCCc1cc(C)cc(C2(C)CCCCC2)c1O. The number of unbranched alkanes of at least 4 members (excludes halogenated alkanes) is 15. The van der Waals surface area contributed by atoms with E-state index in [1.165, 1.54) is 134 Å². The van der Waals surface area contributed by atoms with Crippen molar-refractivity contribution in [2.75, 3.05) is 18.1 Å². The van der Waals surface area contributed by atoms with Crippen molar-refractivity contribution >= 4 is 17.7 Å². The first-order chi connectivity index (χ1) is 20.5. The number of rotatable bonds is 25. The largest absolute Gasteiger partial charge is 0.507 e. The minimum Gasteiger partial charge on any atom is -0.507 e. The summed E-state index contributed by atoms with van der Waals surface area (Å²) in [5.74, 6) is 2.31. The van der Waals surface area contributed by atoms with Gasteiger partial charge in [-0.15, -0.1) is 0 Å². The molecule has 1 aromatic rings. The lowest BCUT2D eigenvalue weighted by Gasteiger charge is -2.35. The smallest absolute Gasteiger partial charge is 0.306 e. The maximum absolute atomic E-state index is 12.1. The summed E-state index contributed by atoms with van der Waals surface area (Å²) in [5, 5.41) is 11.1. The first-order valence-electron chi connectivity index (χ1n) is 18.0. The molecule has 0 amide bonds. The summed E-state index contributed by atoms with van der Waals surface area (Å²) >= 11 is 1.83. The molecule has 3 nitrogen and oxygen atoms in total. The highest BCUT2D eigenvalue weighted by Crippen LogP contribution is 2.44. The van der Waals surface area contributed by atoms with Gasteiger partial charge in [-0.1, -0.05) is 147 Å². The van der Waals surface area contributed by atoms with Crippen LogP contribution in [0.3, 0.4) is 0 Å². The van der Waals surface area contributed by atoms with Gasteiger partial charge in [-0.3, -0.25) is 4.79 Å². The molecule has 1 aromatic carbocycles. The van der Waals surface area contributed by atoms with E-state index in [2.05, 4.69) is 32.9 Å². The average molecular weight is 603 g/mol. The summed E-state index contributed by atoms with van der Waals surface area (Å²) in [6.45, 7) is 7.35. The molecule has 0 radical (unpaired) electrons. The molecule has 2 rings (SSSR count). The summed E-state index contributed by atoms with van der Waals surface area (Å²) in [5.41, 5.74) is 3.63. The number of carbonyl (C=O) groups excluding carboxylic acids is 1. The molecule has 0 spiro atoms. The van der Waals surface area contributed by atoms with Crippen LogP contribution in [0.15, 0.2) is 12.1 Å². The molecule has 0 unspecified atom stereocenters. The third kappa shape index (κ3) is 16.1. The van der Waals surface area contributed by atoms with E-state index >= 15 is 0 Å². The molecule has 0 heterocycles. The molecule has 242 valence electrons. The van der Waals surface area contributed by atoms with Gasteiger partial charge in [-0.25, -0.2) is 0 Å². The molecule has 0 aromatic heterocycles. The van der Waals surface area contributed by atoms with E-state index in [0.29, 0.717) is 18.8 Å². The van der Waals surface area contributed by atoms with Crippen LogP contribution in [0.4, 0.5) is 0 Å². The maximum atomic E-state index is 12.1. The van der Waals surface area contributed by atoms with E-state index in [9.17, 15) is 9.90 Å². The van der Waals surface area contributed by atoms with Crippen molar-refractivity contribution in [3.8, 4) is 5.75 Å². The fraction of sp³-hybridized carbons (Fsp3) is 0.816. The molecular formula is C38H66O3S. The van der Waals surface area contributed by atoms with Crippen LogP contribution in [-0.4, -0.2) is 29.2 Å². The van der Waals surface area contributed by atoms with Gasteiger partial charge in [0.1, 0.15) is 5.75 Å². The number of hydrogen-bond acceptors (Lipinski definition) is 4. The molecule has 0 atom stereocenters. The molecule has 1 saturated carbocycles. The third-order valence-corrected chi connectivity index (χ3v) is 10.5. The van der Waals surface area contributed by atoms with E-state index in [1.807, 2.05) is 11.8 Å². The molecule has 0 bridgehead atoms. The second-order valence-corrected chi connectivity index (χ2v) is 14.7. The highest BCUT2D eigenvalue weighted by molar-refractivity contribution is 7.99. The Kier molecular flexibility index (Phi) is 20.5. The fourth-order valence-electron chi connectivity index (χ4n) is 6.64.